The van der Waals surface area contributed by atoms with Gasteiger partial charge in [0.1, 0.15) is 11.8 Å². The minimum atomic E-state index is -0.155. The first-order valence-electron chi connectivity index (χ1n) is 4.11. The second-order valence-electron chi connectivity index (χ2n) is 2.96. The molecule has 1 heterocycles. The molecule has 0 radical (unpaired) electrons. The molecule has 0 atom stereocenters. The van der Waals surface area contributed by atoms with E-state index in [0.29, 0.717) is 17.1 Å². The van der Waals surface area contributed by atoms with Crippen molar-refractivity contribution in [1.82, 2.24) is 0 Å². The summed E-state index contributed by atoms with van der Waals surface area (Å²) in [5.41, 5.74) is 6.82. The largest absolute Gasteiger partial charge is 0.482 e. The maximum Gasteiger partial charge on any atom is 0.266 e. The third-order valence-corrected chi connectivity index (χ3v) is 2.28. The number of ether oxygens (including phenoxy) is 1. The molecule has 1 aliphatic heterocycles. The summed E-state index contributed by atoms with van der Waals surface area (Å²) in [4.78, 5) is 12.8. The lowest BCUT2D eigenvalue weighted by molar-refractivity contribution is -0.121. The van der Waals surface area contributed by atoms with E-state index >= 15 is 0 Å². The van der Waals surface area contributed by atoms with E-state index in [-0.39, 0.29) is 18.5 Å². The lowest BCUT2D eigenvalue weighted by atomic mass is 10.2. The van der Waals surface area contributed by atoms with Gasteiger partial charge in [0.05, 0.1) is 5.69 Å². The number of rotatable bonds is 1. The molecular formula is C9H9ClN2O2. The number of hydrogen-bond acceptors (Lipinski definition) is 3. The maximum atomic E-state index is 11.4. The van der Waals surface area contributed by atoms with E-state index in [4.69, 9.17) is 22.1 Å². The number of benzene rings is 1. The van der Waals surface area contributed by atoms with Crippen molar-refractivity contribution in [3.8, 4) is 5.75 Å². The van der Waals surface area contributed by atoms with E-state index in [1.165, 1.54) is 4.90 Å². The van der Waals surface area contributed by atoms with Crippen LogP contribution < -0.4 is 15.4 Å². The molecule has 0 saturated heterocycles. The molecule has 2 rings (SSSR count). The number of nitrogens with zero attached hydrogens (tertiary/aromatic N) is 1. The van der Waals surface area contributed by atoms with Crippen LogP contribution in [0.4, 0.5) is 11.4 Å². The second kappa shape index (κ2) is 3.38. The quantitative estimate of drug-likeness (QED) is 0.432. The highest BCUT2D eigenvalue weighted by molar-refractivity contribution is 6.22. The van der Waals surface area contributed by atoms with Gasteiger partial charge in [-0.25, -0.2) is 0 Å². The summed E-state index contributed by atoms with van der Waals surface area (Å²) in [6.45, 7) is 0.0314. The normalized spacial score (nSPS) is 14.9. The molecule has 2 N–H and O–H groups in total. The number of hydrogen-bond donors (Lipinski definition) is 1. The zero-order chi connectivity index (χ0) is 10.1. The summed E-state index contributed by atoms with van der Waals surface area (Å²) in [5.74, 6) is 0.484. The molecule has 0 fully saturated rings. The van der Waals surface area contributed by atoms with E-state index < -0.39 is 0 Å². The first kappa shape index (κ1) is 9.15. The van der Waals surface area contributed by atoms with Crippen LogP contribution in [-0.2, 0) is 4.79 Å². The summed E-state index contributed by atoms with van der Waals surface area (Å²) < 4.78 is 5.22. The van der Waals surface area contributed by atoms with E-state index in [2.05, 4.69) is 0 Å². The first-order valence-corrected chi connectivity index (χ1v) is 4.64. The van der Waals surface area contributed by atoms with Crippen LogP contribution in [0.25, 0.3) is 0 Å². The van der Waals surface area contributed by atoms with Gasteiger partial charge in [-0.15, -0.1) is 11.6 Å². The minimum Gasteiger partial charge on any atom is -0.482 e. The van der Waals surface area contributed by atoms with Gasteiger partial charge < -0.3 is 10.5 Å². The van der Waals surface area contributed by atoms with E-state index in [0.717, 1.165) is 0 Å². The fourth-order valence-electron chi connectivity index (χ4n) is 1.35. The number of nitrogens with two attached hydrogens (primary N) is 1. The van der Waals surface area contributed by atoms with Gasteiger partial charge in [-0.05, 0) is 18.2 Å². The molecule has 74 valence electrons. The average molecular weight is 213 g/mol. The lowest BCUT2D eigenvalue weighted by Crippen LogP contribution is -2.37. The maximum absolute atomic E-state index is 11.4. The molecule has 1 aliphatic rings. The zero-order valence-electron chi connectivity index (χ0n) is 7.37. The van der Waals surface area contributed by atoms with Crippen molar-refractivity contribution < 1.29 is 9.53 Å². The highest BCUT2D eigenvalue weighted by atomic mass is 35.5. The molecule has 0 aliphatic carbocycles. The molecule has 1 aromatic rings. The lowest BCUT2D eigenvalue weighted by Gasteiger charge is -2.27. The van der Waals surface area contributed by atoms with Crippen LogP contribution in [0.3, 0.4) is 0 Å². The van der Waals surface area contributed by atoms with Gasteiger partial charge in [0.25, 0.3) is 5.91 Å². The Morgan fingerprint density at radius 2 is 2.36 bits per heavy atom. The number of fused-ring (bicyclic) bond motifs is 1. The molecule has 0 bridgehead atoms. The molecule has 0 unspecified atom stereocenters. The van der Waals surface area contributed by atoms with E-state index in [1.807, 2.05) is 0 Å². The number of halogens is 1. The molecule has 0 saturated carbocycles. The highest BCUT2D eigenvalue weighted by Crippen LogP contribution is 2.33. The second-order valence-corrected chi connectivity index (χ2v) is 3.20. The summed E-state index contributed by atoms with van der Waals surface area (Å²) in [6, 6.07) is 5.24. The van der Waals surface area contributed by atoms with Gasteiger partial charge in [-0.3, -0.25) is 9.69 Å². The van der Waals surface area contributed by atoms with Crippen LogP contribution in [0.15, 0.2) is 18.2 Å². The number of alkyl halides is 1. The standard InChI is InChI=1S/C9H9ClN2O2/c10-5-12-7-3-6(11)1-2-8(7)14-4-9(12)13/h1-3H,4-5,11H2. The SMILES string of the molecule is Nc1ccc2c(c1)N(CCl)C(=O)CO2. The fourth-order valence-corrected chi connectivity index (χ4v) is 1.61. The Hall–Kier alpha value is -1.42. The Bertz CT molecular complexity index is 381. The van der Waals surface area contributed by atoms with Crippen molar-refractivity contribution in [2.45, 2.75) is 0 Å². The summed E-state index contributed by atoms with van der Waals surface area (Å²) >= 11 is 5.66. The Morgan fingerprint density at radius 3 is 3.07 bits per heavy atom. The van der Waals surface area contributed by atoms with Crippen molar-refractivity contribution in [3.05, 3.63) is 18.2 Å². The predicted octanol–water partition coefficient (Wildman–Crippen LogP) is 1.19. The van der Waals surface area contributed by atoms with Crippen LogP contribution >= 0.6 is 11.6 Å². The molecule has 14 heavy (non-hydrogen) atoms. The summed E-state index contributed by atoms with van der Waals surface area (Å²) in [5, 5.41) is 0. The molecule has 4 nitrogen and oxygen atoms in total. The van der Waals surface area contributed by atoms with Crippen LogP contribution in [0.1, 0.15) is 0 Å². The van der Waals surface area contributed by atoms with Crippen molar-refractivity contribution in [3.63, 3.8) is 0 Å². The molecule has 5 heteroatoms. The Labute approximate surface area is 86.2 Å². The number of carbonyl (C=O) groups excluding carboxylic acids is 1. The number of carbonyl (C=O) groups is 1. The Balaban J connectivity index is 2.49. The van der Waals surface area contributed by atoms with Gasteiger partial charge in [0.15, 0.2) is 6.61 Å². The Morgan fingerprint density at radius 1 is 1.57 bits per heavy atom. The van der Waals surface area contributed by atoms with Crippen molar-refractivity contribution in [2.24, 2.45) is 0 Å². The van der Waals surface area contributed by atoms with E-state index in [1.54, 1.807) is 18.2 Å². The monoisotopic (exact) mass is 212 g/mol. The molecule has 0 aromatic heterocycles. The third kappa shape index (κ3) is 1.37. The topological polar surface area (TPSA) is 55.6 Å². The number of amides is 1. The molecule has 0 spiro atoms. The van der Waals surface area contributed by atoms with Crippen molar-refractivity contribution in [2.75, 3.05) is 23.2 Å². The highest BCUT2D eigenvalue weighted by Gasteiger charge is 2.24. The number of nitrogen functional groups attached to an aromatic ring is 1. The third-order valence-electron chi connectivity index (χ3n) is 2.05. The van der Waals surface area contributed by atoms with Crippen LogP contribution in [0.5, 0.6) is 5.75 Å². The van der Waals surface area contributed by atoms with Gasteiger partial charge >= 0.3 is 0 Å². The van der Waals surface area contributed by atoms with Crippen LogP contribution in [-0.4, -0.2) is 18.5 Å². The zero-order valence-corrected chi connectivity index (χ0v) is 8.12. The van der Waals surface area contributed by atoms with Gasteiger partial charge in [0.2, 0.25) is 0 Å². The van der Waals surface area contributed by atoms with Crippen LogP contribution in [0, 0.1) is 0 Å². The summed E-state index contributed by atoms with van der Waals surface area (Å²) in [6.07, 6.45) is 0. The van der Waals surface area contributed by atoms with Gasteiger partial charge in [-0.2, -0.15) is 0 Å². The van der Waals surface area contributed by atoms with Gasteiger partial charge in [0, 0.05) is 5.69 Å². The summed E-state index contributed by atoms with van der Waals surface area (Å²) in [7, 11) is 0. The van der Waals surface area contributed by atoms with E-state index in [9.17, 15) is 4.79 Å². The Kier molecular flexibility index (Phi) is 2.21. The first-order chi connectivity index (χ1) is 6.72. The number of anilines is 2. The smallest absolute Gasteiger partial charge is 0.266 e. The van der Waals surface area contributed by atoms with Crippen molar-refractivity contribution in [1.29, 1.82) is 0 Å². The minimum absolute atomic E-state index is 0.0314. The molecule has 1 aromatic carbocycles. The van der Waals surface area contributed by atoms with Crippen LogP contribution in [0.2, 0.25) is 0 Å². The predicted molar refractivity (Wildman–Crippen MR) is 54.6 cm³/mol. The molecule has 1 amide bonds. The molecular weight excluding hydrogens is 204 g/mol. The van der Waals surface area contributed by atoms with Crippen molar-refractivity contribution >= 4 is 28.9 Å². The average Bonchev–Trinajstić information content (AvgIpc) is 2.17. The fraction of sp³-hybridized carbons (Fsp3) is 0.222. The van der Waals surface area contributed by atoms with Gasteiger partial charge in [-0.1, -0.05) is 0 Å².